The van der Waals surface area contributed by atoms with Crippen LogP contribution in [0.1, 0.15) is 27.3 Å². The summed E-state index contributed by atoms with van der Waals surface area (Å²) in [5.41, 5.74) is 3.92. The van der Waals surface area contributed by atoms with Crippen LogP contribution in [-0.2, 0) is 19.6 Å². The van der Waals surface area contributed by atoms with E-state index in [0.717, 1.165) is 30.0 Å². The van der Waals surface area contributed by atoms with Crippen molar-refractivity contribution < 1.29 is 4.79 Å². The van der Waals surface area contributed by atoms with Crippen LogP contribution >= 0.6 is 0 Å². The summed E-state index contributed by atoms with van der Waals surface area (Å²) in [6.45, 7) is 2.96. The molecule has 0 fully saturated rings. The summed E-state index contributed by atoms with van der Waals surface area (Å²) in [6.07, 6.45) is 0. The molecule has 4 rings (SSSR count). The van der Waals surface area contributed by atoms with Crippen LogP contribution in [0, 0.1) is 11.3 Å². The molecule has 0 saturated carbocycles. The number of carbonyl (C=O) groups excluding carboxylic acids is 1. The van der Waals surface area contributed by atoms with Crippen molar-refractivity contribution in [3.8, 4) is 6.07 Å². The smallest absolute Gasteiger partial charge is 0.276 e. The summed E-state index contributed by atoms with van der Waals surface area (Å²) in [7, 11) is 0. The molecule has 0 unspecified atom stereocenters. The van der Waals surface area contributed by atoms with Gasteiger partial charge in [-0.3, -0.25) is 14.4 Å². The molecule has 0 spiro atoms. The maximum Gasteiger partial charge on any atom is 0.276 e. The van der Waals surface area contributed by atoms with Crippen molar-refractivity contribution in [1.82, 2.24) is 14.7 Å². The third-order valence-electron chi connectivity index (χ3n) is 4.67. The highest BCUT2D eigenvalue weighted by molar-refractivity contribution is 6.02. The number of para-hydroxylation sites is 1. The van der Waals surface area contributed by atoms with Crippen LogP contribution in [0.25, 0.3) is 0 Å². The van der Waals surface area contributed by atoms with Crippen molar-refractivity contribution in [2.45, 2.75) is 19.6 Å². The van der Waals surface area contributed by atoms with Gasteiger partial charge in [0, 0.05) is 25.3 Å². The molecule has 1 N–H and O–H groups in total. The van der Waals surface area contributed by atoms with Gasteiger partial charge >= 0.3 is 0 Å². The Morgan fingerprint density at radius 1 is 1.11 bits per heavy atom. The molecular weight excluding hydrogens is 338 g/mol. The summed E-state index contributed by atoms with van der Waals surface area (Å²) in [5.74, 6) is -0.204. The Morgan fingerprint density at radius 3 is 2.70 bits per heavy atom. The number of rotatable bonds is 4. The van der Waals surface area contributed by atoms with Gasteiger partial charge in [0.1, 0.15) is 0 Å². The average molecular weight is 357 g/mol. The Kier molecular flexibility index (Phi) is 4.69. The van der Waals surface area contributed by atoms with Crippen LogP contribution in [0.4, 0.5) is 5.69 Å². The van der Waals surface area contributed by atoms with Crippen molar-refractivity contribution in [1.29, 1.82) is 5.26 Å². The quantitative estimate of drug-likeness (QED) is 0.779. The molecule has 0 bridgehead atoms. The summed E-state index contributed by atoms with van der Waals surface area (Å²) in [6, 6.07) is 21.1. The van der Waals surface area contributed by atoms with E-state index in [9.17, 15) is 10.1 Å². The van der Waals surface area contributed by atoms with E-state index in [1.807, 2.05) is 65.3 Å². The van der Waals surface area contributed by atoms with Gasteiger partial charge in [-0.1, -0.05) is 36.4 Å². The highest BCUT2D eigenvalue weighted by Gasteiger charge is 2.21. The Morgan fingerprint density at radius 2 is 1.89 bits per heavy atom. The second-order valence-corrected chi connectivity index (χ2v) is 6.54. The van der Waals surface area contributed by atoms with E-state index >= 15 is 0 Å². The number of aromatic nitrogens is 2. The predicted octanol–water partition coefficient (Wildman–Crippen LogP) is 3.02. The zero-order valence-corrected chi connectivity index (χ0v) is 14.8. The van der Waals surface area contributed by atoms with Gasteiger partial charge in [-0.25, -0.2) is 0 Å². The lowest BCUT2D eigenvalue weighted by molar-refractivity contribution is 0.102. The van der Waals surface area contributed by atoms with E-state index in [0.29, 0.717) is 24.3 Å². The molecule has 6 heteroatoms. The van der Waals surface area contributed by atoms with Crippen LogP contribution in [0.2, 0.25) is 0 Å². The second-order valence-electron chi connectivity index (χ2n) is 6.54. The number of nitriles is 1. The highest BCUT2D eigenvalue weighted by atomic mass is 16.1. The van der Waals surface area contributed by atoms with Crippen molar-refractivity contribution in [3.05, 3.63) is 83.2 Å². The lowest BCUT2D eigenvalue weighted by Crippen LogP contribution is -2.33. The Balaban J connectivity index is 1.46. The van der Waals surface area contributed by atoms with Gasteiger partial charge in [0.25, 0.3) is 5.91 Å². The van der Waals surface area contributed by atoms with Gasteiger partial charge in [-0.2, -0.15) is 10.4 Å². The molecule has 1 aliphatic heterocycles. The van der Waals surface area contributed by atoms with E-state index in [1.165, 1.54) is 0 Å². The maximum atomic E-state index is 12.5. The van der Waals surface area contributed by atoms with Gasteiger partial charge in [-0.05, 0) is 29.8 Å². The molecule has 2 aromatic carbocycles. The minimum Gasteiger partial charge on any atom is -0.321 e. The minimum absolute atomic E-state index is 0.204. The Labute approximate surface area is 157 Å². The van der Waals surface area contributed by atoms with E-state index in [4.69, 9.17) is 0 Å². The summed E-state index contributed by atoms with van der Waals surface area (Å²) < 4.78 is 1.90. The van der Waals surface area contributed by atoms with Gasteiger partial charge in [-0.15, -0.1) is 0 Å². The number of fused-ring (bicyclic) bond motifs is 1. The predicted molar refractivity (Wildman–Crippen MR) is 102 cm³/mol. The topological polar surface area (TPSA) is 74.0 Å². The number of nitrogens with zero attached hydrogens (tertiary/aromatic N) is 4. The van der Waals surface area contributed by atoms with Crippen LogP contribution in [-0.4, -0.2) is 27.1 Å². The first kappa shape index (κ1) is 17.0. The molecule has 27 heavy (non-hydrogen) atoms. The van der Waals surface area contributed by atoms with Crippen molar-refractivity contribution in [2.24, 2.45) is 0 Å². The van der Waals surface area contributed by atoms with Crippen molar-refractivity contribution >= 4 is 11.6 Å². The normalized spacial score (nSPS) is 13.6. The fraction of sp³-hybridized carbons (Fsp3) is 0.190. The van der Waals surface area contributed by atoms with E-state index < -0.39 is 0 Å². The van der Waals surface area contributed by atoms with Gasteiger partial charge in [0.2, 0.25) is 0 Å². The number of hydrogen-bond acceptors (Lipinski definition) is 4. The lowest BCUT2D eigenvalue weighted by atomic mass is 10.1. The van der Waals surface area contributed by atoms with Crippen molar-refractivity contribution in [3.63, 3.8) is 0 Å². The summed E-state index contributed by atoms with van der Waals surface area (Å²) >= 11 is 0. The molecule has 0 radical (unpaired) electrons. The SMILES string of the molecule is N#Cc1ccccc1CN1CCn2nc(C(=O)Nc3ccccc3)cc2C1. The molecule has 6 nitrogen and oxygen atoms in total. The fourth-order valence-corrected chi connectivity index (χ4v) is 3.29. The number of nitrogens with one attached hydrogen (secondary N) is 1. The summed E-state index contributed by atoms with van der Waals surface area (Å²) in [4.78, 5) is 14.7. The first-order valence-electron chi connectivity index (χ1n) is 8.86. The molecule has 0 atom stereocenters. The van der Waals surface area contributed by atoms with Gasteiger partial charge < -0.3 is 5.32 Å². The van der Waals surface area contributed by atoms with Crippen molar-refractivity contribution in [2.75, 3.05) is 11.9 Å². The first-order chi connectivity index (χ1) is 13.2. The van der Waals surface area contributed by atoms with E-state index in [2.05, 4.69) is 21.4 Å². The molecule has 1 amide bonds. The van der Waals surface area contributed by atoms with E-state index in [-0.39, 0.29) is 5.91 Å². The fourth-order valence-electron chi connectivity index (χ4n) is 3.29. The molecule has 1 aromatic heterocycles. The summed E-state index contributed by atoms with van der Waals surface area (Å²) in [5, 5.41) is 16.6. The third-order valence-corrected chi connectivity index (χ3v) is 4.67. The Hall–Kier alpha value is -3.43. The van der Waals surface area contributed by atoms with Crippen LogP contribution in [0.5, 0.6) is 0 Å². The molecule has 134 valence electrons. The number of benzene rings is 2. The number of amides is 1. The molecule has 0 aliphatic carbocycles. The molecule has 0 saturated heterocycles. The van der Waals surface area contributed by atoms with Crippen LogP contribution in [0.3, 0.4) is 0 Å². The first-order valence-corrected chi connectivity index (χ1v) is 8.86. The lowest BCUT2D eigenvalue weighted by Gasteiger charge is -2.27. The standard InChI is InChI=1S/C21H19N5O/c22-13-16-6-4-5-7-17(16)14-25-10-11-26-19(15-25)12-20(24-26)21(27)23-18-8-2-1-3-9-18/h1-9,12H,10-11,14-15H2,(H,23,27). The van der Waals surface area contributed by atoms with Crippen LogP contribution < -0.4 is 5.32 Å². The third kappa shape index (κ3) is 3.73. The number of hydrogen-bond donors (Lipinski definition) is 1. The maximum absolute atomic E-state index is 12.5. The van der Waals surface area contributed by atoms with Gasteiger partial charge in [0.05, 0.1) is 23.9 Å². The Bertz CT molecular complexity index is 1000. The van der Waals surface area contributed by atoms with Crippen LogP contribution in [0.15, 0.2) is 60.7 Å². The molecule has 1 aliphatic rings. The molecular formula is C21H19N5O. The van der Waals surface area contributed by atoms with E-state index in [1.54, 1.807) is 0 Å². The number of anilines is 1. The second kappa shape index (κ2) is 7.44. The monoisotopic (exact) mass is 357 g/mol. The highest BCUT2D eigenvalue weighted by Crippen LogP contribution is 2.18. The zero-order chi connectivity index (χ0) is 18.6. The minimum atomic E-state index is -0.204. The zero-order valence-electron chi connectivity index (χ0n) is 14.8. The molecule has 2 heterocycles. The largest absolute Gasteiger partial charge is 0.321 e. The number of carbonyl (C=O) groups is 1. The van der Waals surface area contributed by atoms with Gasteiger partial charge in [0.15, 0.2) is 5.69 Å². The molecule has 3 aromatic rings. The average Bonchev–Trinajstić information content (AvgIpc) is 3.13.